The molecular weight excluding hydrogens is 392 g/mol. The number of carbonyl (C=O) groups is 2. The van der Waals surface area contributed by atoms with Gasteiger partial charge in [-0.1, -0.05) is 24.3 Å². The predicted molar refractivity (Wildman–Crippen MR) is 108 cm³/mol. The Morgan fingerprint density at radius 3 is 2.67 bits per heavy atom. The zero-order valence-electron chi connectivity index (χ0n) is 16.5. The van der Waals surface area contributed by atoms with Gasteiger partial charge in [-0.25, -0.2) is 4.79 Å². The number of carbonyl (C=O) groups excluding carboxylic acids is 2. The Hall–Kier alpha value is -3.72. The lowest BCUT2D eigenvalue weighted by Crippen LogP contribution is -2.21. The van der Waals surface area contributed by atoms with Crippen LogP contribution in [0.5, 0.6) is 0 Å². The van der Waals surface area contributed by atoms with Crippen molar-refractivity contribution in [1.29, 1.82) is 0 Å². The monoisotopic (exact) mass is 412 g/mol. The van der Waals surface area contributed by atoms with E-state index in [-0.39, 0.29) is 23.7 Å². The lowest BCUT2D eigenvalue weighted by Gasteiger charge is -2.09. The molecule has 0 saturated carbocycles. The van der Waals surface area contributed by atoms with Crippen LogP contribution in [0.2, 0.25) is 0 Å². The largest absolute Gasteiger partial charge is 0.450 e. The first-order valence-corrected chi connectivity index (χ1v) is 9.21. The number of nitrogens with zero attached hydrogens (tertiary/aromatic N) is 1. The van der Waals surface area contributed by atoms with Gasteiger partial charge >= 0.3 is 5.97 Å². The van der Waals surface area contributed by atoms with Crippen molar-refractivity contribution in [2.24, 2.45) is 0 Å². The van der Waals surface area contributed by atoms with E-state index >= 15 is 0 Å². The van der Waals surface area contributed by atoms with Crippen molar-refractivity contribution in [3.05, 3.63) is 69.5 Å². The van der Waals surface area contributed by atoms with Gasteiger partial charge in [-0.2, -0.15) is 0 Å². The number of anilines is 1. The first kappa shape index (κ1) is 21.0. The smallest absolute Gasteiger partial charge is 0.375 e. The van der Waals surface area contributed by atoms with Crippen LogP contribution in [0.15, 0.2) is 46.9 Å². The summed E-state index contributed by atoms with van der Waals surface area (Å²) >= 11 is 0. The van der Waals surface area contributed by atoms with Crippen LogP contribution in [-0.2, 0) is 20.9 Å². The molecule has 3 rings (SSSR count). The molecule has 1 amide bonds. The van der Waals surface area contributed by atoms with Gasteiger partial charge in [0.15, 0.2) is 6.61 Å². The summed E-state index contributed by atoms with van der Waals surface area (Å²) in [6, 6.07) is 11.5. The summed E-state index contributed by atoms with van der Waals surface area (Å²) in [7, 11) is 0. The van der Waals surface area contributed by atoms with Crippen LogP contribution in [0.1, 0.15) is 28.6 Å². The van der Waals surface area contributed by atoms with Crippen LogP contribution in [0.4, 0.5) is 11.4 Å². The van der Waals surface area contributed by atoms with Gasteiger partial charge in [0.2, 0.25) is 5.76 Å². The molecule has 3 aromatic rings. The summed E-state index contributed by atoms with van der Waals surface area (Å²) in [5.41, 5.74) is 1.51. The summed E-state index contributed by atoms with van der Waals surface area (Å²) in [5.74, 6) is -1.45. The molecule has 30 heavy (non-hydrogen) atoms. The van der Waals surface area contributed by atoms with E-state index in [2.05, 4.69) is 5.32 Å². The van der Waals surface area contributed by atoms with Gasteiger partial charge in [-0.3, -0.25) is 14.9 Å². The molecule has 0 fully saturated rings. The van der Waals surface area contributed by atoms with E-state index in [9.17, 15) is 19.7 Å². The second kappa shape index (κ2) is 9.19. The number of para-hydroxylation sites is 1. The van der Waals surface area contributed by atoms with Crippen molar-refractivity contribution in [2.75, 3.05) is 18.5 Å². The highest BCUT2D eigenvalue weighted by molar-refractivity contribution is 5.98. The molecule has 1 heterocycles. The van der Waals surface area contributed by atoms with E-state index in [0.29, 0.717) is 23.3 Å². The molecule has 0 aliphatic rings. The quantitative estimate of drug-likeness (QED) is 0.337. The molecule has 0 bridgehead atoms. The molecule has 156 valence electrons. The molecule has 0 spiro atoms. The van der Waals surface area contributed by atoms with Crippen LogP contribution in [0.3, 0.4) is 0 Å². The van der Waals surface area contributed by atoms with Crippen molar-refractivity contribution in [3.63, 3.8) is 0 Å². The third-order valence-corrected chi connectivity index (χ3v) is 4.44. The molecule has 1 aromatic heterocycles. The SMILES string of the molecule is CCOCc1c(C(=O)OCC(=O)Nc2cccc([N+](=O)[O-])c2C)oc2ccccc12. The summed E-state index contributed by atoms with van der Waals surface area (Å²) in [5, 5.41) is 14.3. The molecule has 0 aliphatic heterocycles. The number of furan rings is 1. The third kappa shape index (κ3) is 4.47. The second-order valence-corrected chi connectivity index (χ2v) is 6.37. The zero-order chi connectivity index (χ0) is 21.7. The van der Waals surface area contributed by atoms with Crippen LogP contribution in [0, 0.1) is 17.0 Å². The Morgan fingerprint density at radius 2 is 1.93 bits per heavy atom. The lowest BCUT2D eigenvalue weighted by atomic mass is 10.1. The van der Waals surface area contributed by atoms with E-state index in [4.69, 9.17) is 13.9 Å². The Balaban J connectivity index is 1.71. The van der Waals surface area contributed by atoms with Gasteiger partial charge in [0.1, 0.15) is 5.58 Å². The summed E-state index contributed by atoms with van der Waals surface area (Å²) in [6.07, 6.45) is 0. The molecule has 0 unspecified atom stereocenters. The van der Waals surface area contributed by atoms with Gasteiger partial charge in [-0.15, -0.1) is 0 Å². The molecule has 0 atom stereocenters. The highest BCUT2D eigenvalue weighted by Crippen LogP contribution is 2.28. The molecule has 0 saturated heterocycles. The number of fused-ring (bicyclic) bond motifs is 1. The third-order valence-electron chi connectivity index (χ3n) is 4.44. The lowest BCUT2D eigenvalue weighted by molar-refractivity contribution is -0.385. The van der Waals surface area contributed by atoms with Crippen LogP contribution in [-0.4, -0.2) is 30.0 Å². The molecular formula is C21H20N2O7. The maximum atomic E-state index is 12.5. The highest BCUT2D eigenvalue weighted by Gasteiger charge is 2.23. The van der Waals surface area contributed by atoms with Gasteiger partial charge in [0.05, 0.1) is 22.8 Å². The van der Waals surface area contributed by atoms with Gasteiger partial charge in [0.25, 0.3) is 11.6 Å². The number of hydrogen-bond donors (Lipinski definition) is 1. The van der Waals surface area contributed by atoms with E-state index in [1.54, 1.807) is 12.1 Å². The number of benzene rings is 2. The van der Waals surface area contributed by atoms with Crippen LogP contribution < -0.4 is 5.32 Å². The van der Waals surface area contributed by atoms with Crippen molar-refractivity contribution < 1.29 is 28.4 Å². The number of nitrogens with one attached hydrogen (secondary N) is 1. The van der Waals surface area contributed by atoms with Gasteiger partial charge in [0, 0.05) is 23.6 Å². The average Bonchev–Trinajstić information content (AvgIpc) is 3.10. The predicted octanol–water partition coefficient (Wildman–Crippen LogP) is 3.98. The highest BCUT2D eigenvalue weighted by atomic mass is 16.6. The number of esters is 1. The van der Waals surface area contributed by atoms with E-state index < -0.39 is 23.4 Å². The summed E-state index contributed by atoms with van der Waals surface area (Å²) < 4.78 is 16.1. The number of rotatable bonds is 8. The Kier molecular flexibility index (Phi) is 6.43. The summed E-state index contributed by atoms with van der Waals surface area (Å²) in [6.45, 7) is 3.40. The standard InChI is InChI=1S/C21H20N2O7/c1-3-28-11-15-14-7-4-5-10-18(14)30-20(15)21(25)29-12-19(24)22-16-8-6-9-17(13(16)2)23(26)27/h4-10H,3,11-12H2,1-2H3,(H,22,24). The fraction of sp³-hybridized carbons (Fsp3) is 0.238. The van der Waals surface area contributed by atoms with Gasteiger partial charge in [-0.05, 0) is 26.0 Å². The van der Waals surface area contributed by atoms with Crippen molar-refractivity contribution in [2.45, 2.75) is 20.5 Å². The van der Waals surface area contributed by atoms with Crippen molar-refractivity contribution in [3.8, 4) is 0 Å². The molecule has 9 nitrogen and oxygen atoms in total. The van der Waals surface area contributed by atoms with Crippen molar-refractivity contribution in [1.82, 2.24) is 0 Å². The Labute approximate surface area is 171 Å². The Morgan fingerprint density at radius 1 is 1.17 bits per heavy atom. The first-order valence-electron chi connectivity index (χ1n) is 9.21. The number of amides is 1. The number of ether oxygens (including phenoxy) is 2. The number of nitro groups is 1. The van der Waals surface area contributed by atoms with E-state index in [1.807, 2.05) is 19.1 Å². The van der Waals surface area contributed by atoms with Gasteiger partial charge < -0.3 is 19.2 Å². The minimum Gasteiger partial charge on any atom is -0.450 e. The number of hydrogen-bond acceptors (Lipinski definition) is 7. The Bertz CT molecular complexity index is 1100. The minimum absolute atomic E-state index is 0.0241. The van der Waals surface area contributed by atoms with E-state index in [0.717, 1.165) is 5.39 Å². The molecule has 9 heteroatoms. The fourth-order valence-corrected chi connectivity index (χ4v) is 2.95. The maximum absolute atomic E-state index is 12.5. The topological polar surface area (TPSA) is 121 Å². The first-order chi connectivity index (χ1) is 14.4. The average molecular weight is 412 g/mol. The van der Waals surface area contributed by atoms with Crippen molar-refractivity contribution >= 4 is 34.2 Å². The molecule has 0 radical (unpaired) electrons. The maximum Gasteiger partial charge on any atom is 0.375 e. The molecule has 0 aliphatic carbocycles. The van der Waals surface area contributed by atoms with E-state index in [1.165, 1.54) is 25.1 Å². The fourth-order valence-electron chi connectivity index (χ4n) is 2.95. The summed E-state index contributed by atoms with van der Waals surface area (Å²) in [4.78, 5) is 35.2. The molecule has 1 N–H and O–H groups in total. The molecule has 2 aromatic carbocycles. The van der Waals surface area contributed by atoms with Crippen LogP contribution >= 0.6 is 0 Å². The van der Waals surface area contributed by atoms with Crippen LogP contribution in [0.25, 0.3) is 11.0 Å². The minimum atomic E-state index is -0.799. The second-order valence-electron chi connectivity index (χ2n) is 6.37. The zero-order valence-corrected chi connectivity index (χ0v) is 16.5. The number of nitro benzene ring substituents is 1. The normalized spacial score (nSPS) is 10.7.